The molecule has 454 valence electrons. The molecule has 0 spiro atoms. The van der Waals surface area contributed by atoms with Gasteiger partial charge in [-0.1, -0.05) is 222 Å². The third-order valence-electron chi connectivity index (χ3n) is 14.2. The molecular formula is C67H114O12. The number of aliphatic carboxylic acids is 1. The van der Waals surface area contributed by atoms with E-state index in [0.717, 1.165) is 116 Å². The molecule has 1 saturated heterocycles. The monoisotopic (exact) mass is 1110 g/mol. The fourth-order valence-corrected chi connectivity index (χ4v) is 9.35. The average molecular weight is 1110 g/mol. The number of ether oxygens (including phenoxy) is 5. The van der Waals surface area contributed by atoms with Crippen LogP contribution in [-0.2, 0) is 42.9 Å². The quantitative estimate of drug-likeness (QED) is 0.0228. The molecule has 0 aromatic rings. The van der Waals surface area contributed by atoms with Gasteiger partial charge < -0.3 is 39.0 Å². The first-order valence-corrected chi connectivity index (χ1v) is 31.9. The molecule has 1 aliphatic rings. The Bertz CT molecular complexity index is 1650. The van der Waals surface area contributed by atoms with Crippen LogP contribution >= 0.6 is 0 Å². The highest BCUT2D eigenvalue weighted by Crippen LogP contribution is 2.26. The lowest BCUT2D eigenvalue weighted by Gasteiger charge is -2.40. The van der Waals surface area contributed by atoms with Crippen molar-refractivity contribution in [2.75, 3.05) is 13.2 Å². The molecule has 0 bridgehead atoms. The number of carbonyl (C=O) groups is 4. The Balaban J connectivity index is 2.66. The fraction of sp³-hybridized carbons (Fsp3) is 0.761. The van der Waals surface area contributed by atoms with E-state index in [2.05, 4.69) is 93.7 Å². The van der Waals surface area contributed by atoms with Crippen LogP contribution in [0.25, 0.3) is 0 Å². The van der Waals surface area contributed by atoms with Gasteiger partial charge in [-0.3, -0.25) is 14.4 Å². The number of hydrogen-bond donors (Lipinski definition) is 3. The second-order valence-corrected chi connectivity index (χ2v) is 21.7. The molecule has 79 heavy (non-hydrogen) atoms. The SMILES string of the molecule is CC/C=C\C/C=C\C/C=C\CCCCCC(=O)OC(COC(=O)CCCCCCCCCCC/C=C\CCCCCCCC)COC1OC(C(=O)O)C(O)C(O)C1OC(=O)CCCCCCCCC/C=C\C/C=C\CCCCC. The topological polar surface area (TPSA) is 175 Å². The van der Waals surface area contributed by atoms with Crippen LogP contribution in [0.15, 0.2) is 72.9 Å². The predicted octanol–water partition coefficient (Wildman–Crippen LogP) is 16.9. The van der Waals surface area contributed by atoms with E-state index in [1.54, 1.807) is 0 Å². The van der Waals surface area contributed by atoms with E-state index in [4.69, 9.17) is 23.7 Å². The van der Waals surface area contributed by atoms with Gasteiger partial charge in [-0.25, -0.2) is 4.79 Å². The Labute approximate surface area is 480 Å². The molecular weight excluding hydrogens is 997 g/mol. The largest absolute Gasteiger partial charge is 0.479 e. The highest BCUT2D eigenvalue weighted by atomic mass is 16.7. The summed E-state index contributed by atoms with van der Waals surface area (Å²) >= 11 is 0. The van der Waals surface area contributed by atoms with Gasteiger partial charge in [0.15, 0.2) is 24.6 Å². The minimum Gasteiger partial charge on any atom is -0.479 e. The van der Waals surface area contributed by atoms with Gasteiger partial charge in [-0.05, 0) is 109 Å². The van der Waals surface area contributed by atoms with Crippen LogP contribution < -0.4 is 0 Å². The summed E-state index contributed by atoms with van der Waals surface area (Å²) in [6.07, 6.45) is 57.2. The molecule has 12 nitrogen and oxygen atoms in total. The van der Waals surface area contributed by atoms with Crippen molar-refractivity contribution in [3.05, 3.63) is 72.9 Å². The summed E-state index contributed by atoms with van der Waals surface area (Å²) in [4.78, 5) is 51.2. The summed E-state index contributed by atoms with van der Waals surface area (Å²) < 4.78 is 28.5. The van der Waals surface area contributed by atoms with Crippen molar-refractivity contribution < 1.29 is 58.2 Å². The van der Waals surface area contributed by atoms with Gasteiger partial charge in [0.25, 0.3) is 0 Å². The molecule has 0 aliphatic carbocycles. The maximum atomic E-state index is 13.1. The first-order chi connectivity index (χ1) is 38.6. The third-order valence-corrected chi connectivity index (χ3v) is 14.2. The highest BCUT2D eigenvalue weighted by Gasteiger charge is 2.50. The van der Waals surface area contributed by atoms with Gasteiger partial charge in [-0.2, -0.15) is 0 Å². The van der Waals surface area contributed by atoms with Crippen LogP contribution in [0.3, 0.4) is 0 Å². The lowest BCUT2D eigenvalue weighted by molar-refractivity contribution is -0.301. The van der Waals surface area contributed by atoms with Crippen LogP contribution in [0.4, 0.5) is 0 Å². The fourth-order valence-electron chi connectivity index (χ4n) is 9.35. The van der Waals surface area contributed by atoms with Crippen LogP contribution in [-0.4, -0.2) is 89.2 Å². The van der Waals surface area contributed by atoms with Crippen molar-refractivity contribution >= 4 is 23.9 Å². The lowest BCUT2D eigenvalue weighted by Crippen LogP contribution is -2.61. The zero-order chi connectivity index (χ0) is 57.5. The number of allylic oxidation sites excluding steroid dienone is 12. The molecule has 1 fully saturated rings. The second kappa shape index (κ2) is 54.7. The van der Waals surface area contributed by atoms with Gasteiger partial charge >= 0.3 is 23.9 Å². The Hall–Kier alpha value is -3.84. The number of esters is 3. The van der Waals surface area contributed by atoms with E-state index in [0.29, 0.717) is 19.3 Å². The first kappa shape index (κ1) is 73.2. The van der Waals surface area contributed by atoms with E-state index in [1.165, 1.54) is 103 Å². The van der Waals surface area contributed by atoms with Crippen LogP contribution in [0.2, 0.25) is 0 Å². The van der Waals surface area contributed by atoms with E-state index in [-0.39, 0.29) is 25.9 Å². The Morgan fingerprint density at radius 1 is 0.430 bits per heavy atom. The molecule has 1 heterocycles. The maximum absolute atomic E-state index is 13.1. The summed E-state index contributed by atoms with van der Waals surface area (Å²) in [5.41, 5.74) is 0. The number of aliphatic hydroxyl groups is 2. The van der Waals surface area contributed by atoms with Gasteiger partial charge in [-0.15, -0.1) is 0 Å². The number of hydrogen-bond acceptors (Lipinski definition) is 11. The van der Waals surface area contributed by atoms with Gasteiger partial charge in [0.05, 0.1) is 6.61 Å². The molecule has 0 saturated carbocycles. The first-order valence-electron chi connectivity index (χ1n) is 31.9. The molecule has 1 aliphatic heterocycles. The molecule has 1 rings (SSSR count). The summed E-state index contributed by atoms with van der Waals surface area (Å²) in [6, 6.07) is 0. The van der Waals surface area contributed by atoms with Crippen LogP contribution in [0.5, 0.6) is 0 Å². The zero-order valence-corrected chi connectivity index (χ0v) is 50.1. The molecule has 0 aromatic heterocycles. The Morgan fingerprint density at radius 2 is 0.797 bits per heavy atom. The maximum Gasteiger partial charge on any atom is 0.335 e. The second-order valence-electron chi connectivity index (χ2n) is 21.7. The molecule has 0 aromatic carbocycles. The molecule has 6 atom stereocenters. The van der Waals surface area contributed by atoms with Crippen molar-refractivity contribution in [2.45, 2.75) is 314 Å². The number of carboxylic acid groups (broad SMARTS) is 1. The van der Waals surface area contributed by atoms with Gasteiger partial charge in [0, 0.05) is 19.3 Å². The van der Waals surface area contributed by atoms with Crippen molar-refractivity contribution in [2.24, 2.45) is 0 Å². The van der Waals surface area contributed by atoms with Gasteiger partial charge in [0.1, 0.15) is 18.8 Å². The molecule has 12 heteroatoms. The van der Waals surface area contributed by atoms with Crippen molar-refractivity contribution in [3.8, 4) is 0 Å². The third kappa shape index (κ3) is 44.5. The standard InChI is InChI=1S/C67H114O12/c1-4-7-10-13-16-19-22-25-27-29-30-32-33-36-38-41-44-47-50-53-59(68)75-56-58(77-60(69)54-51-48-45-42-39-35-24-21-18-15-12-9-6-3)57-76-67-65(63(72)62(71)64(79-67)66(73)74)78-61(70)55-52-49-46-43-40-37-34-31-28-26-23-20-17-14-11-8-5-2/h9,12,17-18,20-21,25-28,35,39,58,62-65,67,71-72H,4-8,10-11,13-16,19,22-24,29-34,36-38,40-57H2,1-3H3,(H,73,74)/b12-9-,20-17-,21-18-,27-25-,28-26-,39-35-. The van der Waals surface area contributed by atoms with E-state index >= 15 is 0 Å². The van der Waals surface area contributed by atoms with Crippen molar-refractivity contribution in [1.82, 2.24) is 0 Å². The number of rotatable bonds is 54. The number of aliphatic hydroxyl groups excluding tert-OH is 2. The summed E-state index contributed by atoms with van der Waals surface area (Å²) in [5.74, 6) is -3.16. The molecule has 0 amide bonds. The van der Waals surface area contributed by atoms with E-state index in [1.807, 2.05) is 0 Å². The highest BCUT2D eigenvalue weighted by molar-refractivity contribution is 5.74. The summed E-state index contributed by atoms with van der Waals surface area (Å²) in [6.45, 7) is 5.84. The average Bonchev–Trinajstić information content (AvgIpc) is 3.44. The van der Waals surface area contributed by atoms with Crippen molar-refractivity contribution in [1.29, 1.82) is 0 Å². The molecule has 6 unspecified atom stereocenters. The molecule has 0 radical (unpaired) electrons. The van der Waals surface area contributed by atoms with Crippen LogP contribution in [0, 0.1) is 0 Å². The normalized spacial score (nSPS) is 18.3. The Morgan fingerprint density at radius 3 is 1.27 bits per heavy atom. The smallest absolute Gasteiger partial charge is 0.335 e. The van der Waals surface area contributed by atoms with Crippen molar-refractivity contribution in [3.63, 3.8) is 0 Å². The number of carbonyl (C=O) groups excluding carboxylic acids is 3. The minimum absolute atomic E-state index is 0.0466. The zero-order valence-electron chi connectivity index (χ0n) is 50.1. The number of unbranched alkanes of at least 4 members (excludes halogenated alkanes) is 28. The molecule has 3 N–H and O–H groups in total. The minimum atomic E-state index is -1.91. The lowest BCUT2D eigenvalue weighted by atomic mass is 9.98. The Kier molecular flexibility index (Phi) is 50.7. The van der Waals surface area contributed by atoms with E-state index in [9.17, 15) is 34.5 Å². The number of carboxylic acids is 1. The van der Waals surface area contributed by atoms with Gasteiger partial charge in [0.2, 0.25) is 0 Å². The van der Waals surface area contributed by atoms with Crippen LogP contribution in [0.1, 0.15) is 278 Å². The predicted molar refractivity (Wildman–Crippen MR) is 322 cm³/mol. The summed E-state index contributed by atoms with van der Waals surface area (Å²) in [5, 5.41) is 31.5. The summed E-state index contributed by atoms with van der Waals surface area (Å²) in [7, 11) is 0. The van der Waals surface area contributed by atoms with E-state index < -0.39 is 67.3 Å².